The summed E-state index contributed by atoms with van der Waals surface area (Å²) in [5.41, 5.74) is 2.16. The summed E-state index contributed by atoms with van der Waals surface area (Å²) in [7, 11) is 0. The molecule has 0 spiro atoms. The van der Waals surface area contributed by atoms with Crippen LogP contribution in [0.2, 0.25) is 0 Å². The Kier molecular flexibility index (Phi) is 3.09. The second kappa shape index (κ2) is 3.88. The number of benzene rings is 1. The summed E-state index contributed by atoms with van der Waals surface area (Å²) in [6, 6.07) is 7.87. The van der Waals surface area contributed by atoms with Crippen molar-refractivity contribution < 1.29 is 5.11 Å². The third-order valence-electron chi connectivity index (χ3n) is 1.65. The highest BCUT2D eigenvalue weighted by molar-refractivity contribution is 9.09. The van der Waals surface area contributed by atoms with Crippen LogP contribution in [0.3, 0.4) is 0 Å². The van der Waals surface area contributed by atoms with E-state index in [0.29, 0.717) is 4.83 Å². The zero-order chi connectivity index (χ0) is 8.27. The molecular formula is C9H11BrO. The molecule has 0 aromatic heterocycles. The van der Waals surface area contributed by atoms with Crippen LogP contribution >= 0.6 is 15.9 Å². The fraction of sp³-hybridized carbons (Fsp3) is 0.333. The number of hydrogen-bond acceptors (Lipinski definition) is 1. The molecule has 11 heavy (non-hydrogen) atoms. The van der Waals surface area contributed by atoms with E-state index >= 15 is 0 Å². The Bertz CT molecular complexity index is 233. The van der Waals surface area contributed by atoms with Gasteiger partial charge < -0.3 is 5.11 Å². The van der Waals surface area contributed by atoms with Crippen molar-refractivity contribution in [1.82, 2.24) is 0 Å². The van der Waals surface area contributed by atoms with E-state index < -0.39 is 0 Å². The monoisotopic (exact) mass is 214 g/mol. The van der Waals surface area contributed by atoms with E-state index in [0.717, 1.165) is 11.1 Å². The van der Waals surface area contributed by atoms with Crippen molar-refractivity contribution in [3.05, 3.63) is 35.4 Å². The molecule has 0 heterocycles. The highest BCUT2D eigenvalue weighted by Gasteiger charge is 2.04. The summed E-state index contributed by atoms with van der Waals surface area (Å²) in [6.07, 6.45) is 0. The predicted molar refractivity (Wildman–Crippen MR) is 49.7 cm³/mol. The average molecular weight is 215 g/mol. The number of rotatable bonds is 2. The van der Waals surface area contributed by atoms with E-state index in [1.807, 2.05) is 24.3 Å². The first kappa shape index (κ1) is 8.75. The van der Waals surface area contributed by atoms with Crippen LogP contribution < -0.4 is 0 Å². The lowest BCUT2D eigenvalue weighted by atomic mass is 10.1. The van der Waals surface area contributed by atoms with Crippen molar-refractivity contribution in [3.63, 3.8) is 0 Å². The summed E-state index contributed by atoms with van der Waals surface area (Å²) < 4.78 is 0. The maximum Gasteiger partial charge on any atom is 0.0684 e. The van der Waals surface area contributed by atoms with Crippen LogP contribution in [-0.2, 0) is 6.61 Å². The zero-order valence-corrected chi connectivity index (χ0v) is 8.01. The van der Waals surface area contributed by atoms with E-state index in [9.17, 15) is 0 Å². The molecule has 1 aromatic rings. The van der Waals surface area contributed by atoms with Crippen LogP contribution in [0, 0.1) is 0 Å². The minimum Gasteiger partial charge on any atom is -0.392 e. The summed E-state index contributed by atoms with van der Waals surface area (Å²) in [4.78, 5) is 0.311. The largest absolute Gasteiger partial charge is 0.392 e. The number of halogens is 1. The Morgan fingerprint density at radius 3 is 2.55 bits per heavy atom. The molecule has 2 heteroatoms. The first-order chi connectivity index (χ1) is 5.25. The minimum atomic E-state index is 0.117. The van der Waals surface area contributed by atoms with Gasteiger partial charge in [-0.1, -0.05) is 40.2 Å². The fourth-order valence-electron chi connectivity index (χ4n) is 1.07. The lowest BCUT2D eigenvalue weighted by Crippen LogP contribution is -1.92. The Hall–Kier alpha value is -0.340. The van der Waals surface area contributed by atoms with Gasteiger partial charge in [0.05, 0.1) is 6.61 Å². The quantitative estimate of drug-likeness (QED) is 0.752. The van der Waals surface area contributed by atoms with E-state index in [1.54, 1.807) is 0 Å². The van der Waals surface area contributed by atoms with Gasteiger partial charge in [0.1, 0.15) is 0 Å². The standard InChI is InChI=1S/C9H11BrO/c1-7(10)9-5-3-2-4-8(9)6-11/h2-5,7,11H,6H2,1H3. The molecule has 60 valence electrons. The van der Waals surface area contributed by atoms with Crippen molar-refractivity contribution in [3.8, 4) is 0 Å². The number of aliphatic hydroxyl groups excluding tert-OH is 1. The van der Waals surface area contributed by atoms with Gasteiger partial charge >= 0.3 is 0 Å². The molecule has 1 N–H and O–H groups in total. The molecule has 1 unspecified atom stereocenters. The molecule has 0 aliphatic rings. The van der Waals surface area contributed by atoms with Gasteiger partial charge in [0, 0.05) is 4.83 Å². The normalized spacial score (nSPS) is 13.0. The molecule has 0 saturated heterocycles. The van der Waals surface area contributed by atoms with Crippen LogP contribution in [0.15, 0.2) is 24.3 Å². The van der Waals surface area contributed by atoms with Crippen molar-refractivity contribution in [1.29, 1.82) is 0 Å². The lowest BCUT2D eigenvalue weighted by Gasteiger charge is -2.07. The number of aliphatic hydroxyl groups is 1. The summed E-state index contributed by atoms with van der Waals surface area (Å²) in [5.74, 6) is 0. The van der Waals surface area contributed by atoms with E-state index in [2.05, 4.69) is 22.9 Å². The van der Waals surface area contributed by atoms with E-state index in [1.165, 1.54) is 0 Å². The van der Waals surface area contributed by atoms with Crippen molar-refractivity contribution in [2.75, 3.05) is 0 Å². The molecule has 0 bridgehead atoms. The maximum absolute atomic E-state index is 8.95. The van der Waals surface area contributed by atoms with Gasteiger partial charge in [-0.15, -0.1) is 0 Å². The summed E-state index contributed by atoms with van der Waals surface area (Å²) in [6.45, 7) is 2.17. The van der Waals surface area contributed by atoms with Gasteiger partial charge in [0.15, 0.2) is 0 Å². The summed E-state index contributed by atoms with van der Waals surface area (Å²) >= 11 is 3.46. The van der Waals surface area contributed by atoms with Gasteiger partial charge in [0.25, 0.3) is 0 Å². The first-order valence-corrected chi connectivity index (χ1v) is 4.50. The van der Waals surface area contributed by atoms with Crippen molar-refractivity contribution >= 4 is 15.9 Å². The Morgan fingerprint density at radius 2 is 2.09 bits per heavy atom. The third kappa shape index (κ3) is 2.04. The highest BCUT2D eigenvalue weighted by atomic mass is 79.9. The average Bonchev–Trinajstić information content (AvgIpc) is 2.04. The van der Waals surface area contributed by atoms with Crippen LogP contribution in [0.5, 0.6) is 0 Å². The molecule has 0 aliphatic heterocycles. The van der Waals surface area contributed by atoms with Gasteiger partial charge in [-0.3, -0.25) is 0 Å². The second-order valence-electron chi connectivity index (χ2n) is 2.47. The van der Waals surface area contributed by atoms with Gasteiger partial charge in [0.2, 0.25) is 0 Å². The first-order valence-electron chi connectivity index (χ1n) is 3.58. The fourth-order valence-corrected chi connectivity index (χ4v) is 1.51. The molecule has 1 aromatic carbocycles. The number of alkyl halides is 1. The second-order valence-corrected chi connectivity index (χ2v) is 3.85. The van der Waals surface area contributed by atoms with Crippen LogP contribution in [-0.4, -0.2) is 5.11 Å². The Morgan fingerprint density at radius 1 is 1.45 bits per heavy atom. The Labute approximate surface area is 75.2 Å². The molecule has 0 radical (unpaired) electrons. The van der Waals surface area contributed by atoms with E-state index in [-0.39, 0.29) is 6.61 Å². The molecule has 0 aliphatic carbocycles. The lowest BCUT2D eigenvalue weighted by molar-refractivity contribution is 0.280. The molecule has 1 rings (SSSR count). The Balaban J connectivity index is 3.02. The molecule has 0 saturated carbocycles. The maximum atomic E-state index is 8.95. The predicted octanol–water partition coefficient (Wildman–Crippen LogP) is 2.63. The minimum absolute atomic E-state index is 0.117. The van der Waals surface area contributed by atoms with E-state index in [4.69, 9.17) is 5.11 Å². The van der Waals surface area contributed by atoms with Crippen molar-refractivity contribution in [2.45, 2.75) is 18.4 Å². The molecule has 1 atom stereocenters. The van der Waals surface area contributed by atoms with Gasteiger partial charge in [-0.25, -0.2) is 0 Å². The van der Waals surface area contributed by atoms with Crippen LogP contribution in [0.4, 0.5) is 0 Å². The zero-order valence-electron chi connectivity index (χ0n) is 6.42. The smallest absolute Gasteiger partial charge is 0.0684 e. The number of hydrogen-bond donors (Lipinski definition) is 1. The highest BCUT2D eigenvalue weighted by Crippen LogP contribution is 2.24. The summed E-state index contributed by atoms with van der Waals surface area (Å²) in [5, 5.41) is 8.95. The third-order valence-corrected chi connectivity index (χ3v) is 2.15. The van der Waals surface area contributed by atoms with Gasteiger partial charge in [-0.05, 0) is 18.1 Å². The van der Waals surface area contributed by atoms with Crippen LogP contribution in [0.25, 0.3) is 0 Å². The SMILES string of the molecule is CC(Br)c1ccccc1CO. The van der Waals surface area contributed by atoms with Gasteiger partial charge in [-0.2, -0.15) is 0 Å². The molecule has 1 nitrogen and oxygen atoms in total. The molecule has 0 fully saturated rings. The molecular weight excluding hydrogens is 204 g/mol. The topological polar surface area (TPSA) is 20.2 Å². The molecule has 0 amide bonds. The van der Waals surface area contributed by atoms with Crippen LogP contribution in [0.1, 0.15) is 22.9 Å². The van der Waals surface area contributed by atoms with Crippen molar-refractivity contribution in [2.24, 2.45) is 0 Å².